The summed E-state index contributed by atoms with van der Waals surface area (Å²) >= 11 is 0. The Morgan fingerprint density at radius 3 is 3.00 bits per heavy atom. The number of hydrogen-bond donors (Lipinski definition) is 2. The molecule has 0 spiro atoms. The third kappa shape index (κ3) is 4.37. The first-order chi connectivity index (χ1) is 6.77. The summed E-state index contributed by atoms with van der Waals surface area (Å²) in [5.74, 6) is 0. The van der Waals surface area contributed by atoms with Gasteiger partial charge in [0.2, 0.25) is 0 Å². The van der Waals surface area contributed by atoms with E-state index in [4.69, 9.17) is 14.6 Å². The maximum Gasteiger partial charge on any atom is 0.0698 e. The number of nitrogens with one attached hydrogen (secondary N) is 1. The van der Waals surface area contributed by atoms with Crippen molar-refractivity contribution in [3.05, 3.63) is 0 Å². The molecule has 4 heteroatoms. The highest BCUT2D eigenvalue weighted by Crippen LogP contribution is 2.17. The molecular formula is C10H21NO3. The van der Waals surface area contributed by atoms with Crippen molar-refractivity contribution in [2.75, 3.05) is 39.6 Å². The van der Waals surface area contributed by atoms with Gasteiger partial charge in [-0.05, 0) is 19.8 Å². The molecule has 84 valence electrons. The molecular weight excluding hydrogens is 182 g/mol. The van der Waals surface area contributed by atoms with Crippen molar-refractivity contribution in [1.82, 2.24) is 5.32 Å². The molecule has 1 atom stereocenters. The Bertz CT molecular complexity index is 146. The molecule has 0 amide bonds. The Morgan fingerprint density at radius 2 is 2.36 bits per heavy atom. The first-order valence-corrected chi connectivity index (χ1v) is 5.28. The Kier molecular flexibility index (Phi) is 5.40. The molecule has 1 fully saturated rings. The highest BCUT2D eigenvalue weighted by molar-refractivity contribution is 4.84. The number of aliphatic hydroxyl groups is 1. The van der Waals surface area contributed by atoms with Gasteiger partial charge in [-0.2, -0.15) is 0 Å². The van der Waals surface area contributed by atoms with Crippen LogP contribution in [-0.2, 0) is 9.47 Å². The van der Waals surface area contributed by atoms with Gasteiger partial charge < -0.3 is 19.9 Å². The van der Waals surface area contributed by atoms with Crippen LogP contribution >= 0.6 is 0 Å². The average molecular weight is 203 g/mol. The summed E-state index contributed by atoms with van der Waals surface area (Å²) in [5, 5.41) is 11.9. The van der Waals surface area contributed by atoms with Crippen molar-refractivity contribution in [3.63, 3.8) is 0 Å². The molecule has 1 aliphatic rings. The van der Waals surface area contributed by atoms with Crippen LogP contribution in [0.1, 0.15) is 19.8 Å². The third-order valence-electron chi connectivity index (χ3n) is 2.47. The maximum absolute atomic E-state index is 8.50. The van der Waals surface area contributed by atoms with Crippen molar-refractivity contribution in [3.8, 4) is 0 Å². The van der Waals surface area contributed by atoms with Gasteiger partial charge in [0.05, 0.1) is 26.4 Å². The van der Waals surface area contributed by atoms with Crippen molar-refractivity contribution in [2.45, 2.75) is 25.3 Å². The molecule has 1 aliphatic heterocycles. The lowest BCUT2D eigenvalue weighted by atomic mass is 9.95. The molecule has 0 aromatic rings. The molecule has 0 aromatic heterocycles. The minimum Gasteiger partial charge on any atom is -0.394 e. The summed E-state index contributed by atoms with van der Waals surface area (Å²) in [6.45, 7) is 5.84. The topological polar surface area (TPSA) is 50.7 Å². The largest absolute Gasteiger partial charge is 0.394 e. The molecule has 1 rings (SSSR count). The fraction of sp³-hybridized carbons (Fsp3) is 1.00. The number of hydrogen-bond acceptors (Lipinski definition) is 4. The van der Waals surface area contributed by atoms with Crippen LogP contribution in [0.2, 0.25) is 0 Å². The van der Waals surface area contributed by atoms with Gasteiger partial charge in [-0.3, -0.25) is 0 Å². The first kappa shape index (κ1) is 11.9. The van der Waals surface area contributed by atoms with Gasteiger partial charge in [-0.15, -0.1) is 0 Å². The molecule has 0 saturated carbocycles. The van der Waals surface area contributed by atoms with E-state index in [1.54, 1.807) is 0 Å². The second-order valence-corrected chi connectivity index (χ2v) is 3.98. The summed E-state index contributed by atoms with van der Waals surface area (Å²) in [6.07, 6.45) is 2.29. The molecule has 1 saturated heterocycles. The number of ether oxygens (including phenoxy) is 2. The minimum atomic E-state index is 0.0976. The Labute approximate surface area is 85.6 Å². The van der Waals surface area contributed by atoms with Crippen LogP contribution in [-0.4, -0.2) is 50.2 Å². The van der Waals surface area contributed by atoms with E-state index in [0.29, 0.717) is 13.2 Å². The zero-order chi connectivity index (χ0) is 10.3. The summed E-state index contributed by atoms with van der Waals surface area (Å²) in [4.78, 5) is 0. The van der Waals surface area contributed by atoms with E-state index in [2.05, 4.69) is 12.2 Å². The van der Waals surface area contributed by atoms with Crippen molar-refractivity contribution in [1.29, 1.82) is 0 Å². The minimum absolute atomic E-state index is 0.0976. The van der Waals surface area contributed by atoms with Crippen LogP contribution in [0.25, 0.3) is 0 Å². The molecule has 4 nitrogen and oxygen atoms in total. The van der Waals surface area contributed by atoms with E-state index >= 15 is 0 Å². The summed E-state index contributed by atoms with van der Waals surface area (Å²) in [6, 6.07) is 0. The van der Waals surface area contributed by atoms with E-state index in [1.165, 1.54) is 0 Å². The molecule has 2 N–H and O–H groups in total. The van der Waals surface area contributed by atoms with Gasteiger partial charge in [0.15, 0.2) is 0 Å². The van der Waals surface area contributed by atoms with Gasteiger partial charge in [-0.25, -0.2) is 0 Å². The highest BCUT2D eigenvalue weighted by Gasteiger charge is 2.26. The third-order valence-corrected chi connectivity index (χ3v) is 2.47. The highest BCUT2D eigenvalue weighted by atomic mass is 16.5. The molecule has 1 unspecified atom stereocenters. The van der Waals surface area contributed by atoms with E-state index < -0.39 is 0 Å². The van der Waals surface area contributed by atoms with E-state index in [9.17, 15) is 0 Å². The van der Waals surface area contributed by atoms with Gasteiger partial charge >= 0.3 is 0 Å². The van der Waals surface area contributed by atoms with Gasteiger partial charge in [-0.1, -0.05) is 0 Å². The fourth-order valence-electron chi connectivity index (χ4n) is 1.67. The maximum atomic E-state index is 8.50. The van der Waals surface area contributed by atoms with E-state index in [1.807, 2.05) is 0 Å². The van der Waals surface area contributed by atoms with Gasteiger partial charge in [0.25, 0.3) is 0 Å². The van der Waals surface area contributed by atoms with Crippen LogP contribution in [0.15, 0.2) is 0 Å². The monoisotopic (exact) mass is 203 g/mol. The van der Waals surface area contributed by atoms with Crippen molar-refractivity contribution < 1.29 is 14.6 Å². The second-order valence-electron chi connectivity index (χ2n) is 3.98. The lowest BCUT2D eigenvalue weighted by molar-refractivity contribution is 0.0223. The number of rotatable bonds is 6. The van der Waals surface area contributed by atoms with Crippen LogP contribution < -0.4 is 5.32 Å². The smallest absolute Gasteiger partial charge is 0.0698 e. The SMILES string of the molecule is CC1(NCCOCCO)CCCOC1. The quantitative estimate of drug-likeness (QED) is 0.604. The van der Waals surface area contributed by atoms with Gasteiger partial charge in [0.1, 0.15) is 0 Å². The summed E-state index contributed by atoms with van der Waals surface area (Å²) in [7, 11) is 0. The van der Waals surface area contributed by atoms with Crippen LogP contribution in [0, 0.1) is 0 Å². The standard InChI is InChI=1S/C10H21NO3/c1-10(3-2-6-14-9-10)11-4-7-13-8-5-12/h11-12H,2-9H2,1H3. The molecule has 14 heavy (non-hydrogen) atoms. The van der Waals surface area contributed by atoms with Crippen molar-refractivity contribution >= 4 is 0 Å². The lowest BCUT2D eigenvalue weighted by Gasteiger charge is -2.34. The van der Waals surface area contributed by atoms with Crippen molar-refractivity contribution in [2.24, 2.45) is 0 Å². The molecule has 0 radical (unpaired) electrons. The number of aliphatic hydroxyl groups excluding tert-OH is 1. The molecule has 1 heterocycles. The first-order valence-electron chi connectivity index (χ1n) is 5.28. The summed E-state index contributed by atoms with van der Waals surface area (Å²) < 4.78 is 10.6. The predicted octanol–water partition coefficient (Wildman–Crippen LogP) is 0.154. The molecule has 0 aromatic carbocycles. The Morgan fingerprint density at radius 1 is 1.50 bits per heavy atom. The zero-order valence-electron chi connectivity index (χ0n) is 8.92. The van der Waals surface area contributed by atoms with Gasteiger partial charge in [0, 0.05) is 18.7 Å². The normalized spacial score (nSPS) is 27.9. The van der Waals surface area contributed by atoms with E-state index in [0.717, 1.165) is 32.6 Å². The van der Waals surface area contributed by atoms with Crippen LogP contribution in [0.4, 0.5) is 0 Å². The van der Waals surface area contributed by atoms with Crippen LogP contribution in [0.5, 0.6) is 0 Å². The molecule has 0 aliphatic carbocycles. The summed E-state index contributed by atoms with van der Waals surface area (Å²) in [5.41, 5.74) is 0.112. The fourth-order valence-corrected chi connectivity index (χ4v) is 1.67. The lowest BCUT2D eigenvalue weighted by Crippen LogP contribution is -2.50. The molecule has 0 bridgehead atoms. The van der Waals surface area contributed by atoms with E-state index in [-0.39, 0.29) is 12.1 Å². The van der Waals surface area contributed by atoms with Crippen LogP contribution in [0.3, 0.4) is 0 Å². The Balaban J connectivity index is 2.03. The second kappa shape index (κ2) is 6.35. The Hall–Kier alpha value is -0.160. The zero-order valence-corrected chi connectivity index (χ0v) is 8.92. The average Bonchev–Trinajstić information content (AvgIpc) is 2.18. The predicted molar refractivity (Wildman–Crippen MR) is 54.4 cm³/mol.